The molecule has 158 valence electrons. The van der Waals surface area contributed by atoms with Crippen molar-refractivity contribution < 1.29 is 14.7 Å². The molecular formula is C25H29NO3S. The van der Waals surface area contributed by atoms with Gasteiger partial charge in [-0.2, -0.15) is 0 Å². The van der Waals surface area contributed by atoms with Gasteiger partial charge in [0.15, 0.2) is 0 Å². The molecule has 1 heterocycles. The predicted molar refractivity (Wildman–Crippen MR) is 124 cm³/mol. The van der Waals surface area contributed by atoms with Gasteiger partial charge in [0.05, 0.1) is 11.6 Å². The minimum absolute atomic E-state index is 0.137. The van der Waals surface area contributed by atoms with E-state index in [9.17, 15) is 14.7 Å². The zero-order valence-corrected chi connectivity index (χ0v) is 18.6. The fourth-order valence-electron chi connectivity index (χ4n) is 3.56. The highest BCUT2D eigenvalue weighted by Gasteiger charge is 2.29. The van der Waals surface area contributed by atoms with E-state index in [0.29, 0.717) is 17.3 Å². The Morgan fingerprint density at radius 2 is 1.83 bits per heavy atom. The van der Waals surface area contributed by atoms with Gasteiger partial charge in [-0.3, -0.25) is 9.69 Å². The van der Waals surface area contributed by atoms with Crippen LogP contribution in [0.5, 0.6) is 0 Å². The van der Waals surface area contributed by atoms with Gasteiger partial charge in [0, 0.05) is 10.6 Å². The summed E-state index contributed by atoms with van der Waals surface area (Å²) in [5.41, 5.74) is 2.32. The summed E-state index contributed by atoms with van der Waals surface area (Å²) in [6.07, 6.45) is 10.4. The van der Waals surface area contributed by atoms with E-state index >= 15 is 0 Å². The number of carboxylic acids is 1. The van der Waals surface area contributed by atoms with Crippen molar-refractivity contribution in [2.75, 3.05) is 4.90 Å². The maximum atomic E-state index is 13.5. The first-order valence-corrected chi connectivity index (χ1v) is 11.3. The van der Waals surface area contributed by atoms with Gasteiger partial charge in [0.1, 0.15) is 4.88 Å². The van der Waals surface area contributed by atoms with Crippen molar-refractivity contribution in [3.8, 4) is 0 Å². The number of anilines is 2. The van der Waals surface area contributed by atoms with Crippen LogP contribution in [-0.4, -0.2) is 17.0 Å². The van der Waals surface area contributed by atoms with Crippen molar-refractivity contribution in [1.82, 2.24) is 0 Å². The maximum Gasteiger partial charge on any atom is 0.348 e. The first kappa shape index (κ1) is 22.0. The van der Waals surface area contributed by atoms with Crippen LogP contribution in [-0.2, 0) is 4.79 Å². The van der Waals surface area contributed by atoms with Crippen molar-refractivity contribution in [3.63, 3.8) is 0 Å². The number of carbonyl (C=O) groups is 2. The third-order valence-electron chi connectivity index (χ3n) is 5.16. The van der Waals surface area contributed by atoms with Crippen LogP contribution in [0.15, 0.2) is 54.6 Å². The first-order valence-electron chi connectivity index (χ1n) is 10.5. The summed E-state index contributed by atoms with van der Waals surface area (Å²) in [5.74, 6) is -1.17. The Balaban J connectivity index is 2.09. The van der Waals surface area contributed by atoms with Gasteiger partial charge >= 0.3 is 5.97 Å². The lowest BCUT2D eigenvalue weighted by Gasteiger charge is -2.25. The van der Waals surface area contributed by atoms with Gasteiger partial charge in [-0.15, -0.1) is 11.3 Å². The monoisotopic (exact) mass is 423 g/mol. The average Bonchev–Trinajstić information content (AvgIpc) is 3.19. The van der Waals surface area contributed by atoms with Crippen molar-refractivity contribution >= 4 is 40.2 Å². The van der Waals surface area contributed by atoms with Crippen LogP contribution in [0.25, 0.3) is 5.57 Å². The van der Waals surface area contributed by atoms with Gasteiger partial charge in [-0.25, -0.2) is 4.79 Å². The highest BCUT2D eigenvalue weighted by molar-refractivity contribution is 7.15. The molecule has 1 amide bonds. The lowest BCUT2D eigenvalue weighted by molar-refractivity contribution is -0.119. The number of allylic oxidation sites excluding steroid dienone is 3. The molecule has 4 nitrogen and oxygen atoms in total. The van der Waals surface area contributed by atoms with Gasteiger partial charge in [0.25, 0.3) is 0 Å². The molecule has 1 aromatic heterocycles. The summed E-state index contributed by atoms with van der Waals surface area (Å²) >= 11 is 1.26. The Labute approximate surface area is 182 Å². The second kappa shape index (κ2) is 9.90. The highest BCUT2D eigenvalue weighted by atomic mass is 32.1. The molecule has 0 bridgehead atoms. The van der Waals surface area contributed by atoms with Crippen LogP contribution < -0.4 is 4.90 Å². The predicted octanol–water partition coefficient (Wildman–Crippen LogP) is 6.92. The molecule has 1 aliphatic rings. The second-order valence-corrected chi connectivity index (χ2v) is 9.08. The third kappa shape index (κ3) is 5.08. The molecule has 1 atom stereocenters. The number of hydrogen-bond acceptors (Lipinski definition) is 3. The van der Waals surface area contributed by atoms with Crippen molar-refractivity contribution in [1.29, 1.82) is 0 Å². The number of benzene rings is 1. The number of para-hydroxylation sites is 1. The number of nitrogens with zero attached hydrogens (tertiary/aromatic N) is 1. The number of amides is 1. The lowest BCUT2D eigenvalue weighted by atomic mass is 9.98. The molecule has 5 heteroatoms. The van der Waals surface area contributed by atoms with Crippen LogP contribution in [0.2, 0.25) is 0 Å². The summed E-state index contributed by atoms with van der Waals surface area (Å²) in [4.78, 5) is 28.3. The van der Waals surface area contributed by atoms with Gasteiger partial charge in [-0.1, -0.05) is 57.2 Å². The average molecular weight is 424 g/mol. The molecule has 0 radical (unpaired) electrons. The quantitative estimate of drug-likeness (QED) is 0.492. The van der Waals surface area contributed by atoms with Gasteiger partial charge < -0.3 is 5.11 Å². The Hall–Kier alpha value is -2.66. The van der Waals surface area contributed by atoms with E-state index in [4.69, 9.17) is 0 Å². The summed E-state index contributed by atoms with van der Waals surface area (Å²) in [6.45, 7) is 5.98. The molecule has 2 aromatic rings. The Bertz CT molecular complexity index is 956. The first-order chi connectivity index (χ1) is 14.4. The van der Waals surface area contributed by atoms with Gasteiger partial charge in [0.2, 0.25) is 5.91 Å². The van der Waals surface area contributed by atoms with E-state index in [-0.39, 0.29) is 16.7 Å². The molecule has 0 aliphatic heterocycles. The standard InChI is InChI=1S/C25H29NO3S/c1-17(2)14-15-18(3)24(27)26(20-12-8-5-9-13-20)21-16-22(30-23(21)25(28)29)19-10-6-4-7-11-19/h5,8-10,12-18H,4,6-7,11H2,1-3H3,(H,28,29)/b15-14+. The molecule has 1 aromatic carbocycles. The van der Waals surface area contributed by atoms with Crippen LogP contribution in [0.4, 0.5) is 11.4 Å². The highest BCUT2D eigenvalue weighted by Crippen LogP contribution is 2.41. The van der Waals surface area contributed by atoms with E-state index in [1.807, 2.05) is 55.5 Å². The largest absolute Gasteiger partial charge is 0.477 e. The third-order valence-corrected chi connectivity index (χ3v) is 6.35. The van der Waals surface area contributed by atoms with E-state index < -0.39 is 5.97 Å². The normalized spacial score (nSPS) is 15.3. The second-order valence-electron chi connectivity index (χ2n) is 8.03. The fourth-order valence-corrected chi connectivity index (χ4v) is 4.61. The SMILES string of the molecule is CC(C)/C=C/C(C)C(=O)N(c1ccccc1)c1cc(C2=CCCCC2)sc1C(=O)O. The van der Waals surface area contributed by atoms with Crippen molar-refractivity contribution in [3.05, 3.63) is 64.4 Å². The minimum atomic E-state index is -1.00. The molecule has 0 fully saturated rings. The number of thiophene rings is 1. The molecule has 1 unspecified atom stereocenters. The Morgan fingerprint density at radius 3 is 2.43 bits per heavy atom. The molecule has 30 heavy (non-hydrogen) atoms. The summed E-state index contributed by atoms with van der Waals surface area (Å²) in [6, 6.07) is 11.2. The maximum absolute atomic E-state index is 13.5. The Kier molecular flexibility index (Phi) is 7.27. The van der Waals surface area contributed by atoms with E-state index in [2.05, 4.69) is 19.9 Å². The van der Waals surface area contributed by atoms with E-state index in [1.54, 1.807) is 4.90 Å². The summed E-state index contributed by atoms with van der Waals surface area (Å²) in [7, 11) is 0. The zero-order chi connectivity index (χ0) is 21.7. The molecule has 0 saturated heterocycles. The summed E-state index contributed by atoms with van der Waals surface area (Å²) in [5, 5.41) is 9.91. The molecular weight excluding hydrogens is 394 g/mol. The zero-order valence-electron chi connectivity index (χ0n) is 17.8. The number of rotatable bonds is 7. The lowest BCUT2D eigenvalue weighted by Crippen LogP contribution is -2.31. The number of carbonyl (C=O) groups excluding carboxylic acids is 1. The minimum Gasteiger partial charge on any atom is -0.477 e. The molecule has 1 aliphatic carbocycles. The molecule has 0 spiro atoms. The number of aromatic carboxylic acids is 1. The molecule has 1 N–H and O–H groups in total. The Morgan fingerprint density at radius 1 is 1.10 bits per heavy atom. The van der Waals surface area contributed by atoms with Crippen molar-refractivity contribution in [2.45, 2.75) is 46.5 Å². The van der Waals surface area contributed by atoms with Crippen LogP contribution in [0, 0.1) is 11.8 Å². The molecule has 3 rings (SSSR count). The van der Waals surface area contributed by atoms with Crippen LogP contribution in [0.3, 0.4) is 0 Å². The van der Waals surface area contributed by atoms with E-state index in [0.717, 1.165) is 24.1 Å². The topological polar surface area (TPSA) is 57.6 Å². The van der Waals surface area contributed by atoms with Gasteiger partial charge in [-0.05, 0) is 55.4 Å². The van der Waals surface area contributed by atoms with Crippen LogP contribution in [0.1, 0.15) is 61.0 Å². The summed E-state index contributed by atoms with van der Waals surface area (Å²) < 4.78 is 0. The van der Waals surface area contributed by atoms with Crippen LogP contribution >= 0.6 is 11.3 Å². The smallest absolute Gasteiger partial charge is 0.348 e. The molecule has 0 saturated carbocycles. The van der Waals surface area contributed by atoms with E-state index in [1.165, 1.54) is 23.3 Å². The number of carboxylic acid groups (broad SMARTS) is 1. The fraction of sp³-hybridized carbons (Fsp3) is 0.360. The number of hydrogen-bond donors (Lipinski definition) is 1. The van der Waals surface area contributed by atoms with Crippen molar-refractivity contribution in [2.24, 2.45) is 11.8 Å².